The zero-order valence-corrected chi connectivity index (χ0v) is 13.2. The Morgan fingerprint density at radius 1 is 1.40 bits per heavy atom. The quantitative estimate of drug-likeness (QED) is 0.773. The van der Waals surface area contributed by atoms with Gasteiger partial charge >= 0.3 is 0 Å². The number of halogens is 1. The summed E-state index contributed by atoms with van der Waals surface area (Å²) in [5.41, 5.74) is 0.309. The Balaban J connectivity index is 2.33. The number of oxazole rings is 1. The molecule has 1 aliphatic carbocycles. The van der Waals surface area contributed by atoms with Gasteiger partial charge < -0.3 is 9.32 Å². The van der Waals surface area contributed by atoms with E-state index >= 15 is 0 Å². The Kier molecular flexibility index (Phi) is 4.49. The van der Waals surface area contributed by atoms with E-state index in [0.29, 0.717) is 25.4 Å². The number of Topliss-reactive ketones (excluding diaryl/α,β-unsaturated/α-hetero) is 2. The summed E-state index contributed by atoms with van der Waals surface area (Å²) in [6.45, 7) is 3.01. The first-order valence-corrected chi connectivity index (χ1v) is 7.29. The predicted octanol–water partition coefficient (Wildman–Crippen LogP) is 1.38. The van der Waals surface area contributed by atoms with Crippen molar-refractivity contribution in [3.05, 3.63) is 17.3 Å². The van der Waals surface area contributed by atoms with E-state index in [1.807, 2.05) is 25.9 Å². The van der Waals surface area contributed by atoms with Gasteiger partial charge in [-0.05, 0) is 14.1 Å². The van der Waals surface area contributed by atoms with Crippen molar-refractivity contribution in [1.82, 2.24) is 9.88 Å². The highest BCUT2D eigenvalue weighted by molar-refractivity contribution is 9.10. The third kappa shape index (κ3) is 2.73. The second-order valence-corrected chi connectivity index (χ2v) is 5.68. The molecule has 0 aliphatic heterocycles. The topological polar surface area (TPSA) is 75.8 Å². The summed E-state index contributed by atoms with van der Waals surface area (Å²) in [7, 11) is 3.84. The van der Waals surface area contributed by atoms with Gasteiger partial charge in [0, 0.05) is 13.0 Å². The summed E-state index contributed by atoms with van der Waals surface area (Å²) in [5, 5.41) is 0. The van der Waals surface area contributed by atoms with Crippen LogP contribution in [0.1, 0.15) is 33.9 Å². The zero-order valence-electron chi connectivity index (χ0n) is 11.6. The minimum Gasteiger partial charge on any atom is -0.436 e. The lowest BCUT2D eigenvalue weighted by Gasteiger charge is -2.15. The number of carbonyl (C=O) groups excluding carboxylic acids is 2. The second-order valence-electron chi connectivity index (χ2n) is 4.77. The van der Waals surface area contributed by atoms with Gasteiger partial charge in [0.1, 0.15) is 10.5 Å². The molecular formula is C13H16BrN3O3. The van der Waals surface area contributed by atoms with Crippen LogP contribution in [0.4, 0.5) is 0 Å². The maximum atomic E-state index is 12.3. The van der Waals surface area contributed by atoms with E-state index < -0.39 is 4.83 Å². The number of aliphatic imine (C=N–C) groups is 1. The summed E-state index contributed by atoms with van der Waals surface area (Å²) < 4.78 is 5.35. The van der Waals surface area contributed by atoms with Crippen molar-refractivity contribution in [2.24, 2.45) is 4.99 Å². The van der Waals surface area contributed by atoms with Gasteiger partial charge in [-0.15, -0.1) is 0 Å². The largest absolute Gasteiger partial charge is 0.436 e. The van der Waals surface area contributed by atoms with E-state index in [2.05, 4.69) is 25.9 Å². The lowest BCUT2D eigenvalue weighted by molar-refractivity contribution is 0.0955. The first kappa shape index (κ1) is 15.1. The van der Waals surface area contributed by atoms with Crippen LogP contribution in [0.5, 0.6) is 0 Å². The van der Waals surface area contributed by atoms with Crippen LogP contribution in [0.25, 0.3) is 0 Å². The number of alkyl halides is 1. The average Bonchev–Trinajstić information content (AvgIpc) is 2.84. The first-order chi connectivity index (χ1) is 9.45. The van der Waals surface area contributed by atoms with Crippen molar-refractivity contribution in [3.63, 3.8) is 0 Å². The Hall–Kier alpha value is -1.34. The highest BCUT2D eigenvalue weighted by Crippen LogP contribution is 2.25. The lowest BCUT2D eigenvalue weighted by atomic mass is 9.97. The molecule has 1 heterocycles. The van der Waals surface area contributed by atoms with Gasteiger partial charge in [0.25, 0.3) is 0 Å². The number of fused-ring (bicyclic) bond motifs is 1. The van der Waals surface area contributed by atoms with Gasteiger partial charge in [-0.25, -0.2) is 4.98 Å². The van der Waals surface area contributed by atoms with Crippen LogP contribution in [0, 0.1) is 0 Å². The molecule has 1 aliphatic rings. The third-order valence-corrected chi connectivity index (χ3v) is 3.80. The molecule has 0 N–H and O–H groups in total. The summed E-state index contributed by atoms with van der Waals surface area (Å²) in [5.74, 6) is -0.212. The summed E-state index contributed by atoms with van der Waals surface area (Å²) in [6.07, 6.45) is 0.535. The van der Waals surface area contributed by atoms with Crippen LogP contribution in [0.3, 0.4) is 0 Å². The van der Waals surface area contributed by atoms with Gasteiger partial charge in [-0.3, -0.25) is 14.6 Å². The molecule has 7 heteroatoms. The number of carbonyl (C=O) groups is 2. The van der Waals surface area contributed by atoms with Gasteiger partial charge in [-0.2, -0.15) is 0 Å². The average molecular weight is 342 g/mol. The standard InChI is InChI=1S/C13H16BrN3O3/c1-4-7-16-10-11(18)8(14)9(12(19)13(10)20-7)15-5-6-17(2)3/h8H,4-6H2,1-3H3. The minimum absolute atomic E-state index is 0.0196. The maximum Gasteiger partial charge on any atom is 0.246 e. The monoisotopic (exact) mass is 341 g/mol. The van der Waals surface area contributed by atoms with Crippen molar-refractivity contribution in [2.45, 2.75) is 18.2 Å². The molecule has 0 saturated heterocycles. The van der Waals surface area contributed by atoms with Crippen LogP contribution in [0.15, 0.2) is 9.41 Å². The minimum atomic E-state index is -0.737. The zero-order chi connectivity index (χ0) is 14.9. The number of aryl methyl sites for hydroxylation is 1. The normalized spacial score (nSPS) is 20.9. The van der Waals surface area contributed by atoms with E-state index in [9.17, 15) is 9.59 Å². The number of aromatic nitrogens is 1. The molecule has 0 saturated carbocycles. The fourth-order valence-electron chi connectivity index (χ4n) is 1.83. The van der Waals surface area contributed by atoms with Crippen LogP contribution >= 0.6 is 15.9 Å². The van der Waals surface area contributed by atoms with Crippen molar-refractivity contribution < 1.29 is 14.0 Å². The molecule has 1 unspecified atom stereocenters. The summed E-state index contributed by atoms with van der Waals surface area (Å²) in [4.78, 5) is 34.0. The molecular weight excluding hydrogens is 326 g/mol. The van der Waals surface area contributed by atoms with E-state index in [4.69, 9.17) is 4.42 Å². The van der Waals surface area contributed by atoms with Crippen LogP contribution in [0.2, 0.25) is 0 Å². The smallest absolute Gasteiger partial charge is 0.246 e. The molecule has 0 radical (unpaired) electrons. The molecule has 1 aromatic heterocycles. The molecule has 0 bridgehead atoms. The lowest BCUT2D eigenvalue weighted by Crippen LogP contribution is -2.38. The molecule has 2 rings (SSSR count). The van der Waals surface area contributed by atoms with Crippen molar-refractivity contribution in [3.8, 4) is 0 Å². The Morgan fingerprint density at radius 3 is 2.70 bits per heavy atom. The van der Waals surface area contributed by atoms with E-state index in [-0.39, 0.29) is 28.7 Å². The Bertz CT molecular complexity index is 577. The number of ketones is 2. The van der Waals surface area contributed by atoms with Crippen LogP contribution in [-0.2, 0) is 6.42 Å². The maximum absolute atomic E-state index is 12.3. The van der Waals surface area contributed by atoms with Gasteiger partial charge in [0.15, 0.2) is 11.6 Å². The van der Waals surface area contributed by atoms with Crippen molar-refractivity contribution >= 4 is 33.2 Å². The van der Waals surface area contributed by atoms with Gasteiger partial charge in [-0.1, -0.05) is 22.9 Å². The van der Waals surface area contributed by atoms with E-state index in [1.54, 1.807) is 0 Å². The van der Waals surface area contributed by atoms with Crippen LogP contribution < -0.4 is 0 Å². The molecule has 1 aromatic rings. The third-order valence-electron chi connectivity index (χ3n) is 2.95. The molecule has 108 valence electrons. The molecule has 0 spiro atoms. The first-order valence-electron chi connectivity index (χ1n) is 6.37. The molecule has 0 amide bonds. The molecule has 20 heavy (non-hydrogen) atoms. The fourth-order valence-corrected chi connectivity index (χ4v) is 2.40. The number of likely N-dealkylation sites (N-methyl/N-ethyl adjacent to an activating group) is 1. The fraction of sp³-hybridized carbons (Fsp3) is 0.538. The number of hydrogen-bond acceptors (Lipinski definition) is 6. The van der Waals surface area contributed by atoms with Crippen molar-refractivity contribution in [1.29, 1.82) is 0 Å². The number of hydrogen-bond donors (Lipinski definition) is 0. The van der Waals surface area contributed by atoms with Crippen LogP contribution in [-0.4, -0.2) is 59.2 Å². The Labute approximate surface area is 125 Å². The number of nitrogens with zero attached hydrogens (tertiary/aromatic N) is 3. The predicted molar refractivity (Wildman–Crippen MR) is 78.1 cm³/mol. The highest BCUT2D eigenvalue weighted by atomic mass is 79.9. The molecule has 0 aromatic carbocycles. The second kappa shape index (κ2) is 5.97. The molecule has 0 fully saturated rings. The Morgan fingerprint density at radius 2 is 2.10 bits per heavy atom. The van der Waals surface area contributed by atoms with E-state index in [1.165, 1.54) is 0 Å². The van der Waals surface area contributed by atoms with Gasteiger partial charge in [0.2, 0.25) is 17.3 Å². The summed E-state index contributed by atoms with van der Waals surface area (Å²) in [6, 6.07) is 0. The molecule has 6 nitrogen and oxygen atoms in total. The summed E-state index contributed by atoms with van der Waals surface area (Å²) >= 11 is 3.23. The van der Waals surface area contributed by atoms with Gasteiger partial charge in [0.05, 0.1) is 6.54 Å². The molecule has 1 atom stereocenters. The SMILES string of the molecule is CCc1nc2c(o1)C(=O)C(=NCCN(C)C)C(Br)C2=O. The highest BCUT2D eigenvalue weighted by Gasteiger charge is 2.41. The van der Waals surface area contributed by atoms with Crippen molar-refractivity contribution in [2.75, 3.05) is 27.2 Å². The number of rotatable bonds is 4. The van der Waals surface area contributed by atoms with E-state index in [0.717, 1.165) is 0 Å².